The Kier molecular flexibility index (Phi) is 7.88. The van der Waals surface area contributed by atoms with Crippen LogP contribution in [0.2, 0.25) is 0 Å². The number of hydrogen-bond donors (Lipinski definition) is 1. The predicted molar refractivity (Wildman–Crippen MR) is 124 cm³/mol. The van der Waals surface area contributed by atoms with E-state index in [0.29, 0.717) is 47.1 Å². The zero-order valence-electron chi connectivity index (χ0n) is 18.3. The van der Waals surface area contributed by atoms with Gasteiger partial charge in [0.2, 0.25) is 11.1 Å². The largest absolute Gasteiger partial charge is 0.492 e. The van der Waals surface area contributed by atoms with Gasteiger partial charge >= 0.3 is 5.97 Å². The van der Waals surface area contributed by atoms with Gasteiger partial charge in [0.25, 0.3) is 0 Å². The van der Waals surface area contributed by atoms with Crippen LogP contribution >= 0.6 is 27.7 Å². The summed E-state index contributed by atoms with van der Waals surface area (Å²) < 4.78 is 19.3. The number of fused-ring (bicyclic) bond motifs is 1. The van der Waals surface area contributed by atoms with Crippen molar-refractivity contribution in [2.24, 2.45) is 0 Å². The molecule has 0 fully saturated rings. The minimum Gasteiger partial charge on any atom is -0.492 e. The summed E-state index contributed by atoms with van der Waals surface area (Å²) in [5.41, 5.74) is 1.97. The maximum Gasteiger partial charge on any atom is 0.338 e. The number of thioether (sulfide) groups is 1. The summed E-state index contributed by atoms with van der Waals surface area (Å²) in [4.78, 5) is 17.6. The number of benzene rings is 1. The molecule has 2 aromatic rings. The molecule has 31 heavy (non-hydrogen) atoms. The van der Waals surface area contributed by atoms with Gasteiger partial charge in [0.1, 0.15) is 6.04 Å². The van der Waals surface area contributed by atoms with Crippen LogP contribution in [0.5, 0.6) is 11.5 Å². The molecule has 0 amide bonds. The number of nitrogens with one attached hydrogen (secondary N) is 1. The number of allylic oxidation sites excluding steroid dienone is 1. The first-order chi connectivity index (χ1) is 14.9. The molecule has 0 saturated heterocycles. The number of anilines is 1. The molecular weight excluding hydrogens is 484 g/mol. The van der Waals surface area contributed by atoms with Crippen molar-refractivity contribution in [1.29, 1.82) is 0 Å². The molecule has 1 atom stereocenters. The number of halogens is 1. The summed E-state index contributed by atoms with van der Waals surface area (Å²) in [6.45, 7) is 8.59. The normalized spacial score (nSPS) is 15.4. The van der Waals surface area contributed by atoms with Crippen LogP contribution in [-0.2, 0) is 9.53 Å². The second-order valence-electron chi connectivity index (χ2n) is 6.76. The van der Waals surface area contributed by atoms with Gasteiger partial charge in [0.15, 0.2) is 11.5 Å². The average molecular weight is 511 g/mol. The number of esters is 1. The Balaban J connectivity index is 2.18. The summed E-state index contributed by atoms with van der Waals surface area (Å²) in [5.74, 6) is 2.21. The standard InChI is InChI=1S/C21H27BrN4O4S/c1-6-9-30-19(27)16-12(4)23-20-24-21(31-8-3)25-26(20)17(16)13-10-14(22)18(28-5)15(11-13)29-7-2/h10-11,17H,6-9H2,1-5H3,(H,23,24,25). The zero-order valence-corrected chi connectivity index (χ0v) is 20.7. The number of carbonyl (C=O) groups is 1. The predicted octanol–water partition coefficient (Wildman–Crippen LogP) is 4.80. The second-order valence-corrected chi connectivity index (χ2v) is 8.85. The van der Waals surface area contributed by atoms with E-state index in [2.05, 4.69) is 31.3 Å². The molecule has 1 aromatic heterocycles. The van der Waals surface area contributed by atoms with Crippen LogP contribution < -0.4 is 14.8 Å². The first kappa shape index (κ1) is 23.5. The van der Waals surface area contributed by atoms with E-state index in [9.17, 15) is 4.79 Å². The quantitative estimate of drug-likeness (QED) is 0.380. The second kappa shape index (κ2) is 10.4. The SMILES string of the molecule is CCCOC(=O)C1=C(C)Nc2nc(SCC)nn2C1c1cc(Br)c(OC)c(OCC)c1. The van der Waals surface area contributed by atoms with Crippen molar-refractivity contribution in [3.63, 3.8) is 0 Å². The number of nitrogens with zero attached hydrogens (tertiary/aromatic N) is 3. The Bertz CT molecular complexity index is 992. The molecular formula is C21H27BrN4O4S. The van der Waals surface area contributed by atoms with Crippen molar-refractivity contribution in [1.82, 2.24) is 14.8 Å². The summed E-state index contributed by atoms with van der Waals surface area (Å²) >= 11 is 5.12. The van der Waals surface area contributed by atoms with E-state index in [1.54, 1.807) is 11.8 Å². The minimum atomic E-state index is -0.527. The van der Waals surface area contributed by atoms with Gasteiger partial charge in [-0.15, -0.1) is 5.10 Å². The lowest BCUT2D eigenvalue weighted by atomic mass is 9.95. The van der Waals surface area contributed by atoms with Crippen molar-refractivity contribution >= 4 is 39.6 Å². The molecule has 0 bridgehead atoms. The Labute approximate surface area is 194 Å². The third-order valence-corrected chi connectivity index (χ3v) is 5.92. The lowest BCUT2D eigenvalue weighted by Gasteiger charge is -2.28. The molecule has 0 spiro atoms. The smallest absolute Gasteiger partial charge is 0.338 e. The highest BCUT2D eigenvalue weighted by atomic mass is 79.9. The number of rotatable bonds is 9. The summed E-state index contributed by atoms with van der Waals surface area (Å²) in [5, 5.41) is 8.52. The molecule has 2 heterocycles. The van der Waals surface area contributed by atoms with Crippen LogP contribution in [0.4, 0.5) is 5.95 Å². The molecule has 0 aliphatic carbocycles. The van der Waals surface area contributed by atoms with E-state index in [1.807, 2.05) is 39.8 Å². The highest BCUT2D eigenvalue weighted by molar-refractivity contribution is 9.10. The topological polar surface area (TPSA) is 87.5 Å². The van der Waals surface area contributed by atoms with Gasteiger partial charge in [0, 0.05) is 5.70 Å². The molecule has 8 nitrogen and oxygen atoms in total. The van der Waals surface area contributed by atoms with Crippen molar-refractivity contribution < 1.29 is 19.0 Å². The first-order valence-corrected chi connectivity index (χ1v) is 12.0. The van der Waals surface area contributed by atoms with Gasteiger partial charge < -0.3 is 19.5 Å². The van der Waals surface area contributed by atoms with Gasteiger partial charge in [-0.25, -0.2) is 9.48 Å². The maximum atomic E-state index is 13.1. The van der Waals surface area contributed by atoms with Gasteiger partial charge in [-0.2, -0.15) is 4.98 Å². The number of aromatic nitrogens is 3. The van der Waals surface area contributed by atoms with Gasteiger partial charge in [-0.3, -0.25) is 0 Å². The number of hydrogen-bond acceptors (Lipinski definition) is 8. The van der Waals surface area contributed by atoms with Crippen molar-refractivity contribution in [3.8, 4) is 11.5 Å². The molecule has 1 N–H and O–H groups in total. The molecule has 3 rings (SSSR count). The van der Waals surface area contributed by atoms with Crippen LogP contribution in [0.3, 0.4) is 0 Å². The van der Waals surface area contributed by atoms with Crippen LogP contribution in [0.1, 0.15) is 45.7 Å². The summed E-state index contributed by atoms with van der Waals surface area (Å²) in [6, 6.07) is 3.26. The molecule has 0 saturated carbocycles. The molecule has 10 heteroatoms. The Morgan fingerprint density at radius 1 is 1.32 bits per heavy atom. The van der Waals surface area contributed by atoms with E-state index in [1.165, 1.54) is 11.8 Å². The Hall–Kier alpha value is -2.20. The van der Waals surface area contributed by atoms with E-state index >= 15 is 0 Å². The fourth-order valence-electron chi connectivity index (χ4n) is 3.37. The molecule has 1 aliphatic rings. The molecule has 0 radical (unpaired) electrons. The first-order valence-electron chi connectivity index (χ1n) is 10.2. The van der Waals surface area contributed by atoms with E-state index in [4.69, 9.17) is 14.2 Å². The van der Waals surface area contributed by atoms with Gasteiger partial charge in [-0.1, -0.05) is 25.6 Å². The van der Waals surface area contributed by atoms with Gasteiger partial charge in [0.05, 0.1) is 30.4 Å². The lowest BCUT2D eigenvalue weighted by Crippen LogP contribution is -2.30. The van der Waals surface area contributed by atoms with E-state index in [0.717, 1.165) is 22.2 Å². The van der Waals surface area contributed by atoms with Crippen LogP contribution in [0, 0.1) is 0 Å². The average Bonchev–Trinajstić information content (AvgIpc) is 3.13. The van der Waals surface area contributed by atoms with Gasteiger partial charge in [-0.05, 0) is 59.6 Å². The maximum absolute atomic E-state index is 13.1. The van der Waals surface area contributed by atoms with Crippen molar-refractivity contribution in [3.05, 3.63) is 33.4 Å². The van der Waals surface area contributed by atoms with Crippen molar-refractivity contribution in [2.75, 3.05) is 31.4 Å². The lowest BCUT2D eigenvalue weighted by molar-refractivity contribution is -0.139. The van der Waals surface area contributed by atoms with Crippen molar-refractivity contribution in [2.45, 2.75) is 45.3 Å². The third-order valence-electron chi connectivity index (χ3n) is 4.62. The number of carbonyl (C=O) groups excluding carboxylic acids is 1. The summed E-state index contributed by atoms with van der Waals surface area (Å²) in [7, 11) is 1.59. The van der Waals surface area contributed by atoms with E-state index in [-0.39, 0.29) is 5.97 Å². The molecule has 1 aromatic carbocycles. The number of ether oxygens (including phenoxy) is 3. The Morgan fingerprint density at radius 2 is 2.10 bits per heavy atom. The summed E-state index contributed by atoms with van der Waals surface area (Å²) in [6.07, 6.45) is 0.741. The van der Waals surface area contributed by atoms with E-state index < -0.39 is 6.04 Å². The fraction of sp³-hybridized carbons (Fsp3) is 0.476. The minimum absolute atomic E-state index is 0.347. The highest BCUT2D eigenvalue weighted by Gasteiger charge is 2.36. The highest BCUT2D eigenvalue weighted by Crippen LogP contribution is 2.43. The number of methoxy groups -OCH3 is 1. The zero-order chi connectivity index (χ0) is 22.5. The molecule has 1 unspecified atom stereocenters. The Morgan fingerprint density at radius 3 is 2.74 bits per heavy atom. The molecule has 168 valence electrons. The third kappa shape index (κ3) is 4.85. The van der Waals surface area contributed by atoms with Crippen LogP contribution in [-0.4, -0.2) is 46.8 Å². The monoisotopic (exact) mass is 510 g/mol. The molecule has 1 aliphatic heterocycles. The fourth-order valence-corrected chi connectivity index (χ4v) is 4.55. The van der Waals surface area contributed by atoms with Crippen LogP contribution in [0.25, 0.3) is 0 Å². The van der Waals surface area contributed by atoms with Crippen LogP contribution in [0.15, 0.2) is 33.0 Å².